The fourth-order valence-electron chi connectivity index (χ4n) is 3.06. The van der Waals surface area contributed by atoms with E-state index in [0.29, 0.717) is 12.6 Å². The van der Waals surface area contributed by atoms with Crippen LogP contribution < -0.4 is 10.6 Å². The Bertz CT molecular complexity index is 370. The molecule has 1 aliphatic rings. The van der Waals surface area contributed by atoms with Gasteiger partial charge in [0.1, 0.15) is 0 Å². The molecular weight excluding hydrogens is 222 g/mol. The molecule has 1 heterocycles. The Kier molecular flexibility index (Phi) is 4.59. The van der Waals surface area contributed by atoms with Crippen molar-refractivity contribution in [2.24, 2.45) is 11.7 Å². The van der Waals surface area contributed by atoms with Gasteiger partial charge in [-0.05, 0) is 37.7 Å². The second-order valence-corrected chi connectivity index (χ2v) is 5.40. The Morgan fingerprint density at radius 2 is 2.06 bits per heavy atom. The van der Waals surface area contributed by atoms with Crippen LogP contribution in [0, 0.1) is 5.92 Å². The summed E-state index contributed by atoms with van der Waals surface area (Å²) in [5, 5.41) is 0. The predicted octanol–water partition coefficient (Wildman–Crippen LogP) is 2.95. The van der Waals surface area contributed by atoms with Crippen LogP contribution in [0.4, 0.5) is 5.69 Å². The van der Waals surface area contributed by atoms with Crippen LogP contribution in [0.1, 0.15) is 44.6 Å². The van der Waals surface area contributed by atoms with E-state index in [0.717, 1.165) is 11.5 Å². The highest BCUT2D eigenvalue weighted by atomic mass is 15.1. The van der Waals surface area contributed by atoms with Crippen LogP contribution in [0.3, 0.4) is 0 Å². The number of aromatic nitrogens is 1. The maximum absolute atomic E-state index is 5.79. The zero-order valence-electron chi connectivity index (χ0n) is 11.6. The van der Waals surface area contributed by atoms with Crippen molar-refractivity contribution in [1.29, 1.82) is 0 Å². The maximum Gasteiger partial charge on any atom is 0.0442 e. The molecule has 0 amide bonds. The molecule has 0 radical (unpaired) electrons. The first kappa shape index (κ1) is 13.3. The number of hydrogen-bond donors (Lipinski definition) is 1. The van der Waals surface area contributed by atoms with Gasteiger partial charge in [-0.25, -0.2) is 0 Å². The molecule has 1 aromatic heterocycles. The van der Waals surface area contributed by atoms with Crippen molar-refractivity contribution in [2.75, 3.05) is 11.9 Å². The zero-order chi connectivity index (χ0) is 13.0. The van der Waals surface area contributed by atoms with Gasteiger partial charge in [0.25, 0.3) is 0 Å². The SMILES string of the molecule is CCC1CCC(N(C)c2ccncc2CN)CC1. The topological polar surface area (TPSA) is 42.2 Å². The Balaban J connectivity index is 2.05. The fraction of sp³-hybridized carbons (Fsp3) is 0.667. The van der Waals surface area contributed by atoms with Crippen molar-refractivity contribution in [3.05, 3.63) is 24.0 Å². The lowest BCUT2D eigenvalue weighted by molar-refractivity contribution is 0.313. The summed E-state index contributed by atoms with van der Waals surface area (Å²) in [4.78, 5) is 6.57. The van der Waals surface area contributed by atoms with Gasteiger partial charge in [-0.3, -0.25) is 4.98 Å². The average Bonchev–Trinajstić information content (AvgIpc) is 2.46. The smallest absolute Gasteiger partial charge is 0.0442 e. The highest BCUT2D eigenvalue weighted by molar-refractivity contribution is 5.52. The molecule has 1 saturated carbocycles. The highest BCUT2D eigenvalue weighted by Gasteiger charge is 2.24. The molecule has 100 valence electrons. The molecule has 1 fully saturated rings. The van der Waals surface area contributed by atoms with Gasteiger partial charge in [0.2, 0.25) is 0 Å². The summed E-state index contributed by atoms with van der Waals surface area (Å²) < 4.78 is 0. The summed E-state index contributed by atoms with van der Waals surface area (Å²) in [6.45, 7) is 2.88. The molecule has 0 saturated heterocycles. The normalized spacial score (nSPS) is 23.9. The molecule has 18 heavy (non-hydrogen) atoms. The number of hydrogen-bond acceptors (Lipinski definition) is 3. The first-order valence-electron chi connectivity index (χ1n) is 7.12. The quantitative estimate of drug-likeness (QED) is 0.889. The zero-order valence-corrected chi connectivity index (χ0v) is 11.6. The van der Waals surface area contributed by atoms with E-state index in [9.17, 15) is 0 Å². The molecule has 1 aliphatic carbocycles. The summed E-state index contributed by atoms with van der Waals surface area (Å²) >= 11 is 0. The molecular formula is C15H25N3. The molecule has 0 aliphatic heterocycles. The Morgan fingerprint density at radius 3 is 2.67 bits per heavy atom. The molecule has 2 N–H and O–H groups in total. The van der Waals surface area contributed by atoms with Crippen LogP contribution in [0.5, 0.6) is 0 Å². The van der Waals surface area contributed by atoms with Gasteiger partial charge in [0.15, 0.2) is 0 Å². The van der Waals surface area contributed by atoms with Crippen LogP contribution in [0.2, 0.25) is 0 Å². The molecule has 0 unspecified atom stereocenters. The van der Waals surface area contributed by atoms with Crippen LogP contribution in [0.25, 0.3) is 0 Å². The van der Waals surface area contributed by atoms with Gasteiger partial charge in [-0.1, -0.05) is 13.3 Å². The van der Waals surface area contributed by atoms with Crippen molar-refractivity contribution in [2.45, 2.75) is 51.6 Å². The Labute approximate surface area is 110 Å². The van der Waals surface area contributed by atoms with Gasteiger partial charge in [-0.2, -0.15) is 0 Å². The van der Waals surface area contributed by atoms with Gasteiger partial charge in [-0.15, -0.1) is 0 Å². The monoisotopic (exact) mass is 247 g/mol. The van der Waals surface area contributed by atoms with E-state index < -0.39 is 0 Å². The van der Waals surface area contributed by atoms with Crippen LogP contribution in [-0.4, -0.2) is 18.1 Å². The molecule has 3 heteroatoms. The molecule has 0 spiro atoms. The van der Waals surface area contributed by atoms with E-state index in [1.165, 1.54) is 37.8 Å². The first-order chi connectivity index (χ1) is 8.76. The minimum atomic E-state index is 0.567. The molecule has 0 aromatic carbocycles. The summed E-state index contributed by atoms with van der Waals surface area (Å²) in [6.07, 6.45) is 10.4. The lowest BCUT2D eigenvalue weighted by Gasteiger charge is -2.36. The summed E-state index contributed by atoms with van der Waals surface area (Å²) in [7, 11) is 2.20. The number of anilines is 1. The molecule has 3 nitrogen and oxygen atoms in total. The van der Waals surface area contributed by atoms with Crippen LogP contribution in [-0.2, 0) is 6.54 Å². The van der Waals surface area contributed by atoms with Crippen molar-refractivity contribution in [3.8, 4) is 0 Å². The third kappa shape index (κ3) is 2.83. The van der Waals surface area contributed by atoms with Crippen molar-refractivity contribution in [1.82, 2.24) is 4.98 Å². The third-order valence-corrected chi connectivity index (χ3v) is 4.42. The first-order valence-corrected chi connectivity index (χ1v) is 7.12. The second kappa shape index (κ2) is 6.19. The summed E-state index contributed by atoms with van der Waals surface area (Å²) in [6, 6.07) is 2.76. The van der Waals surface area contributed by atoms with E-state index in [1.54, 1.807) is 0 Å². The number of nitrogens with zero attached hydrogens (tertiary/aromatic N) is 2. The lowest BCUT2D eigenvalue weighted by atomic mass is 9.84. The third-order valence-electron chi connectivity index (χ3n) is 4.42. The molecule has 2 rings (SSSR count). The van der Waals surface area contributed by atoms with E-state index in [4.69, 9.17) is 5.73 Å². The maximum atomic E-state index is 5.79. The van der Waals surface area contributed by atoms with Gasteiger partial charge in [0, 0.05) is 43.3 Å². The van der Waals surface area contributed by atoms with Crippen molar-refractivity contribution >= 4 is 5.69 Å². The molecule has 1 aromatic rings. The summed E-state index contributed by atoms with van der Waals surface area (Å²) in [5.41, 5.74) is 8.20. The predicted molar refractivity (Wildman–Crippen MR) is 76.6 cm³/mol. The standard InChI is InChI=1S/C15H25N3/c1-3-12-4-6-14(7-5-12)18(2)15-8-9-17-11-13(15)10-16/h8-9,11-12,14H,3-7,10,16H2,1-2H3. The van der Waals surface area contributed by atoms with E-state index in [1.807, 2.05) is 12.4 Å². The Morgan fingerprint density at radius 1 is 1.33 bits per heavy atom. The van der Waals surface area contributed by atoms with Crippen molar-refractivity contribution in [3.63, 3.8) is 0 Å². The summed E-state index contributed by atoms with van der Waals surface area (Å²) in [5.74, 6) is 0.945. The number of pyridine rings is 1. The lowest BCUT2D eigenvalue weighted by Crippen LogP contribution is -2.35. The van der Waals surface area contributed by atoms with E-state index in [-0.39, 0.29) is 0 Å². The fourth-order valence-corrected chi connectivity index (χ4v) is 3.06. The van der Waals surface area contributed by atoms with Gasteiger partial charge < -0.3 is 10.6 Å². The molecule has 0 atom stereocenters. The van der Waals surface area contributed by atoms with Gasteiger partial charge in [0.05, 0.1) is 0 Å². The van der Waals surface area contributed by atoms with Gasteiger partial charge >= 0.3 is 0 Å². The van der Waals surface area contributed by atoms with E-state index >= 15 is 0 Å². The largest absolute Gasteiger partial charge is 0.371 e. The minimum absolute atomic E-state index is 0.567. The Hall–Kier alpha value is -1.09. The highest BCUT2D eigenvalue weighted by Crippen LogP contribution is 2.32. The second-order valence-electron chi connectivity index (χ2n) is 5.40. The van der Waals surface area contributed by atoms with Crippen LogP contribution >= 0.6 is 0 Å². The number of rotatable bonds is 4. The van der Waals surface area contributed by atoms with E-state index in [2.05, 4.69) is 29.9 Å². The minimum Gasteiger partial charge on any atom is -0.371 e. The van der Waals surface area contributed by atoms with Crippen molar-refractivity contribution < 1.29 is 0 Å². The van der Waals surface area contributed by atoms with Crippen LogP contribution in [0.15, 0.2) is 18.5 Å². The number of nitrogens with two attached hydrogens (primary N) is 1. The average molecular weight is 247 g/mol. The molecule has 0 bridgehead atoms.